The van der Waals surface area contributed by atoms with Gasteiger partial charge in [0.15, 0.2) is 5.75 Å². The molecule has 1 aliphatic heterocycles. The Hall–Kier alpha value is -2.38. The van der Waals surface area contributed by atoms with Gasteiger partial charge in [-0.15, -0.1) is 0 Å². The van der Waals surface area contributed by atoms with Gasteiger partial charge >= 0.3 is 12.4 Å². The first kappa shape index (κ1) is 19.4. The number of alkyl halides is 6. The van der Waals surface area contributed by atoms with Crippen molar-refractivity contribution in [2.75, 3.05) is 18.0 Å². The van der Waals surface area contributed by atoms with Crippen LogP contribution in [0.4, 0.5) is 32.0 Å². The topological polar surface area (TPSA) is 12.5 Å². The zero-order valence-corrected chi connectivity index (χ0v) is 14.2. The number of hydrogen-bond acceptors (Lipinski definition) is 2. The normalized spacial score (nSPS) is 15.3. The van der Waals surface area contributed by atoms with Crippen molar-refractivity contribution in [3.05, 3.63) is 59.2 Å². The Morgan fingerprint density at radius 2 is 1.48 bits per heavy atom. The summed E-state index contributed by atoms with van der Waals surface area (Å²) in [6.07, 6.45) is -8.44. The minimum Gasteiger partial charge on any atom is -0.486 e. The molecule has 8 heteroatoms. The number of benzene rings is 2. The van der Waals surface area contributed by atoms with Crippen molar-refractivity contribution in [3.63, 3.8) is 0 Å². The van der Waals surface area contributed by atoms with Crippen LogP contribution in [0.3, 0.4) is 0 Å². The van der Waals surface area contributed by atoms with Gasteiger partial charge in [0.2, 0.25) is 0 Å². The first-order valence-electron chi connectivity index (χ1n) is 8.40. The molecule has 0 aromatic heterocycles. The average Bonchev–Trinajstić information content (AvgIpc) is 3.13. The molecule has 1 heterocycles. The summed E-state index contributed by atoms with van der Waals surface area (Å²) in [6, 6.07) is 9.38. The molecule has 2 aromatic carbocycles. The fourth-order valence-corrected chi connectivity index (χ4v) is 3.06. The SMILES string of the molecule is FC(F)(F)c1cc(N2CCCC2)c(OCc2ccccc2)c(C(F)(F)F)c1. The highest BCUT2D eigenvalue weighted by atomic mass is 19.4. The van der Waals surface area contributed by atoms with Gasteiger partial charge < -0.3 is 9.64 Å². The molecule has 0 bridgehead atoms. The lowest BCUT2D eigenvalue weighted by Crippen LogP contribution is -2.22. The maximum atomic E-state index is 13.5. The Morgan fingerprint density at radius 1 is 0.852 bits per heavy atom. The highest BCUT2D eigenvalue weighted by Gasteiger charge is 2.41. The maximum absolute atomic E-state index is 13.5. The second kappa shape index (κ2) is 7.32. The number of nitrogens with zero attached hydrogens (tertiary/aromatic N) is 1. The molecule has 1 saturated heterocycles. The number of halogens is 6. The Bertz CT molecular complexity index is 779. The number of rotatable bonds is 4. The quantitative estimate of drug-likeness (QED) is 0.604. The van der Waals surface area contributed by atoms with Crippen molar-refractivity contribution in [1.29, 1.82) is 0 Å². The third-order valence-corrected chi connectivity index (χ3v) is 4.37. The van der Waals surface area contributed by atoms with E-state index in [-0.39, 0.29) is 18.4 Å². The molecule has 0 saturated carbocycles. The van der Waals surface area contributed by atoms with Gasteiger partial charge in [0.1, 0.15) is 12.2 Å². The van der Waals surface area contributed by atoms with Crippen LogP contribution in [0.2, 0.25) is 0 Å². The fraction of sp³-hybridized carbons (Fsp3) is 0.368. The van der Waals surface area contributed by atoms with E-state index in [9.17, 15) is 26.3 Å². The third kappa shape index (κ3) is 4.48. The first-order valence-corrected chi connectivity index (χ1v) is 8.40. The average molecular weight is 389 g/mol. The van der Waals surface area contributed by atoms with E-state index in [1.54, 1.807) is 30.3 Å². The zero-order chi connectivity index (χ0) is 19.7. The number of anilines is 1. The lowest BCUT2D eigenvalue weighted by molar-refractivity contribution is -0.143. The van der Waals surface area contributed by atoms with Gasteiger partial charge in [0.25, 0.3) is 0 Å². The predicted molar refractivity (Wildman–Crippen MR) is 88.7 cm³/mol. The number of ether oxygens (including phenoxy) is 1. The molecule has 1 aliphatic rings. The Balaban J connectivity index is 2.09. The molecule has 27 heavy (non-hydrogen) atoms. The maximum Gasteiger partial charge on any atom is 0.420 e. The van der Waals surface area contributed by atoms with Gasteiger partial charge in [-0.05, 0) is 30.5 Å². The van der Waals surface area contributed by atoms with E-state index in [1.165, 1.54) is 4.90 Å². The van der Waals surface area contributed by atoms with E-state index in [0.29, 0.717) is 31.5 Å². The zero-order valence-electron chi connectivity index (χ0n) is 14.2. The van der Waals surface area contributed by atoms with Crippen LogP contribution in [0.25, 0.3) is 0 Å². The lowest BCUT2D eigenvalue weighted by Gasteiger charge is -2.26. The summed E-state index contributed by atoms with van der Waals surface area (Å²) in [5.41, 5.74) is -2.28. The van der Waals surface area contributed by atoms with Crippen LogP contribution in [-0.2, 0) is 19.0 Å². The van der Waals surface area contributed by atoms with Crippen LogP contribution in [-0.4, -0.2) is 13.1 Å². The molecule has 0 amide bonds. The van der Waals surface area contributed by atoms with Gasteiger partial charge in [-0.2, -0.15) is 26.3 Å². The van der Waals surface area contributed by atoms with Gasteiger partial charge in [0.05, 0.1) is 11.3 Å². The van der Waals surface area contributed by atoms with Crippen molar-refractivity contribution in [2.24, 2.45) is 0 Å². The Morgan fingerprint density at radius 3 is 2.04 bits per heavy atom. The molecule has 1 fully saturated rings. The molecular formula is C19H17F6NO. The van der Waals surface area contributed by atoms with E-state index in [1.807, 2.05) is 0 Å². The molecule has 0 atom stereocenters. The highest BCUT2D eigenvalue weighted by Crippen LogP contribution is 2.46. The van der Waals surface area contributed by atoms with Crippen LogP contribution in [0.15, 0.2) is 42.5 Å². The molecule has 0 radical (unpaired) electrons. The van der Waals surface area contributed by atoms with Crippen molar-refractivity contribution in [2.45, 2.75) is 31.8 Å². The smallest absolute Gasteiger partial charge is 0.420 e. The van der Waals surface area contributed by atoms with Gasteiger partial charge in [-0.1, -0.05) is 30.3 Å². The largest absolute Gasteiger partial charge is 0.486 e. The summed E-state index contributed by atoms with van der Waals surface area (Å²) in [5.74, 6) is -0.554. The summed E-state index contributed by atoms with van der Waals surface area (Å²) >= 11 is 0. The number of hydrogen-bond donors (Lipinski definition) is 0. The Labute approximate surface area is 152 Å². The summed E-state index contributed by atoms with van der Waals surface area (Å²) in [5, 5.41) is 0. The van der Waals surface area contributed by atoms with Crippen LogP contribution in [0.1, 0.15) is 29.5 Å². The van der Waals surface area contributed by atoms with E-state index in [2.05, 4.69) is 0 Å². The van der Waals surface area contributed by atoms with Crippen LogP contribution in [0, 0.1) is 0 Å². The van der Waals surface area contributed by atoms with Crippen molar-refractivity contribution >= 4 is 5.69 Å². The molecule has 2 nitrogen and oxygen atoms in total. The lowest BCUT2D eigenvalue weighted by atomic mass is 10.1. The van der Waals surface area contributed by atoms with Gasteiger partial charge in [-0.3, -0.25) is 0 Å². The van der Waals surface area contributed by atoms with Crippen molar-refractivity contribution < 1.29 is 31.1 Å². The molecule has 3 rings (SSSR count). The first-order chi connectivity index (χ1) is 12.7. The van der Waals surface area contributed by atoms with E-state index >= 15 is 0 Å². The molecule has 0 aliphatic carbocycles. The van der Waals surface area contributed by atoms with Crippen LogP contribution < -0.4 is 9.64 Å². The second-order valence-electron chi connectivity index (χ2n) is 6.34. The standard InChI is InChI=1S/C19H17F6NO/c20-18(21,22)14-10-15(19(23,24)25)17(16(11-14)26-8-4-5-9-26)27-12-13-6-2-1-3-7-13/h1-3,6-7,10-11H,4-5,8-9,12H2. The fourth-order valence-electron chi connectivity index (χ4n) is 3.06. The van der Waals surface area contributed by atoms with E-state index < -0.39 is 29.2 Å². The third-order valence-electron chi connectivity index (χ3n) is 4.37. The van der Waals surface area contributed by atoms with Crippen molar-refractivity contribution in [3.8, 4) is 5.75 Å². The predicted octanol–water partition coefficient (Wildman–Crippen LogP) is 5.90. The molecule has 2 aromatic rings. The van der Waals surface area contributed by atoms with Crippen LogP contribution >= 0.6 is 0 Å². The summed E-state index contributed by atoms with van der Waals surface area (Å²) < 4.78 is 85.6. The van der Waals surface area contributed by atoms with E-state index in [0.717, 1.165) is 6.07 Å². The monoisotopic (exact) mass is 389 g/mol. The van der Waals surface area contributed by atoms with Crippen LogP contribution in [0.5, 0.6) is 5.75 Å². The summed E-state index contributed by atoms with van der Waals surface area (Å²) in [6.45, 7) is 0.608. The van der Waals surface area contributed by atoms with Gasteiger partial charge in [0, 0.05) is 13.1 Å². The second-order valence-corrected chi connectivity index (χ2v) is 6.34. The summed E-state index contributed by atoms with van der Waals surface area (Å²) in [4.78, 5) is 1.52. The molecule has 0 unspecified atom stereocenters. The molecule has 146 valence electrons. The minimum atomic E-state index is -4.97. The minimum absolute atomic E-state index is 0.125. The summed E-state index contributed by atoms with van der Waals surface area (Å²) in [7, 11) is 0. The molecule has 0 N–H and O–H groups in total. The van der Waals surface area contributed by atoms with Crippen molar-refractivity contribution in [1.82, 2.24) is 0 Å². The highest BCUT2D eigenvalue weighted by molar-refractivity contribution is 5.65. The van der Waals surface area contributed by atoms with Gasteiger partial charge in [-0.25, -0.2) is 0 Å². The molecule has 0 spiro atoms. The van der Waals surface area contributed by atoms with E-state index in [4.69, 9.17) is 4.74 Å². The molecular weight excluding hydrogens is 372 g/mol. The Kier molecular flexibility index (Phi) is 5.26.